The molecule has 1 rings (SSSR count). The summed E-state index contributed by atoms with van der Waals surface area (Å²) in [5, 5.41) is 4.88. The van der Waals surface area contributed by atoms with Crippen LogP contribution in [0.5, 0.6) is 0 Å². The van der Waals surface area contributed by atoms with E-state index in [2.05, 4.69) is 4.98 Å². The van der Waals surface area contributed by atoms with Gasteiger partial charge in [-0.2, -0.15) is 0 Å². The number of nitrogens with zero attached hydrogens (tertiary/aromatic N) is 1. The van der Waals surface area contributed by atoms with Crippen LogP contribution >= 0.6 is 11.8 Å². The topological polar surface area (TPSA) is 73.0 Å². The summed E-state index contributed by atoms with van der Waals surface area (Å²) in [6.45, 7) is 1.94. The van der Waals surface area contributed by atoms with Gasteiger partial charge in [0.2, 0.25) is 10.0 Å². The second-order valence-electron chi connectivity index (χ2n) is 2.86. The first-order valence-electron chi connectivity index (χ1n) is 4.03. The lowest BCUT2D eigenvalue weighted by Gasteiger charge is -2.03. The number of nitrogens with two attached hydrogens (primary N) is 1. The molecule has 0 saturated carbocycles. The van der Waals surface area contributed by atoms with Gasteiger partial charge in [-0.25, -0.2) is 13.6 Å². The van der Waals surface area contributed by atoms with Crippen molar-refractivity contribution in [3.63, 3.8) is 0 Å². The zero-order valence-corrected chi connectivity index (χ0v) is 9.44. The molecule has 0 bridgehead atoms. The number of rotatable bonds is 4. The van der Waals surface area contributed by atoms with Crippen molar-refractivity contribution in [2.24, 2.45) is 5.14 Å². The maximum atomic E-state index is 10.7. The fourth-order valence-corrected chi connectivity index (χ4v) is 2.81. The van der Waals surface area contributed by atoms with Gasteiger partial charge in [0.05, 0.1) is 5.75 Å². The lowest BCUT2D eigenvalue weighted by molar-refractivity contribution is 0.599. The summed E-state index contributed by atoms with van der Waals surface area (Å²) < 4.78 is 21.3. The van der Waals surface area contributed by atoms with Gasteiger partial charge in [-0.15, -0.1) is 11.8 Å². The van der Waals surface area contributed by atoms with Crippen LogP contribution in [0.2, 0.25) is 0 Å². The van der Waals surface area contributed by atoms with Crippen LogP contribution in [-0.2, 0) is 10.0 Å². The summed E-state index contributed by atoms with van der Waals surface area (Å²) in [5.74, 6) is 0.475. The minimum Gasteiger partial charge on any atom is -0.264 e. The smallest absolute Gasteiger partial charge is 0.209 e. The van der Waals surface area contributed by atoms with Crippen molar-refractivity contribution in [1.82, 2.24) is 4.98 Å². The summed E-state index contributed by atoms with van der Waals surface area (Å²) >= 11 is 1.47. The molecular weight excluding hydrogens is 220 g/mol. The molecule has 0 radical (unpaired) electrons. The van der Waals surface area contributed by atoms with Crippen LogP contribution in [-0.4, -0.2) is 24.9 Å². The van der Waals surface area contributed by atoms with Gasteiger partial charge in [-0.05, 0) is 18.6 Å². The number of primary sulfonamides is 1. The van der Waals surface area contributed by atoms with Crippen molar-refractivity contribution in [2.45, 2.75) is 11.8 Å². The van der Waals surface area contributed by atoms with Crippen molar-refractivity contribution in [1.29, 1.82) is 0 Å². The Hall–Kier alpha value is -0.590. The zero-order valence-electron chi connectivity index (χ0n) is 7.80. The normalized spacial score (nSPS) is 11.6. The minimum absolute atomic E-state index is 0.000566. The van der Waals surface area contributed by atoms with Crippen LogP contribution in [0.3, 0.4) is 0 Å². The third-order valence-electron chi connectivity index (χ3n) is 1.59. The van der Waals surface area contributed by atoms with Gasteiger partial charge < -0.3 is 0 Å². The summed E-state index contributed by atoms with van der Waals surface area (Å²) in [6, 6.07) is 1.86. The maximum Gasteiger partial charge on any atom is 0.209 e. The summed E-state index contributed by atoms with van der Waals surface area (Å²) in [6.07, 6.45) is 3.44. The van der Waals surface area contributed by atoms with Crippen molar-refractivity contribution < 1.29 is 8.42 Å². The van der Waals surface area contributed by atoms with Crippen LogP contribution < -0.4 is 5.14 Å². The molecule has 0 amide bonds. The van der Waals surface area contributed by atoms with E-state index in [1.54, 1.807) is 12.4 Å². The molecule has 0 spiro atoms. The van der Waals surface area contributed by atoms with Crippen LogP contribution in [0.15, 0.2) is 23.4 Å². The van der Waals surface area contributed by atoms with Crippen LogP contribution in [0.4, 0.5) is 0 Å². The second kappa shape index (κ2) is 4.77. The van der Waals surface area contributed by atoms with E-state index in [4.69, 9.17) is 5.14 Å². The molecule has 0 aliphatic rings. The molecule has 2 N–H and O–H groups in total. The highest BCUT2D eigenvalue weighted by Crippen LogP contribution is 2.20. The van der Waals surface area contributed by atoms with Gasteiger partial charge in [0.1, 0.15) is 0 Å². The van der Waals surface area contributed by atoms with E-state index in [1.165, 1.54) is 11.8 Å². The second-order valence-corrected chi connectivity index (χ2v) is 5.73. The Balaban J connectivity index is 2.51. The molecule has 0 saturated heterocycles. The van der Waals surface area contributed by atoms with E-state index in [-0.39, 0.29) is 5.75 Å². The lowest BCUT2D eigenvalue weighted by atomic mass is 10.3. The quantitative estimate of drug-likeness (QED) is 0.778. The third-order valence-corrected chi connectivity index (χ3v) is 3.80. The Kier molecular flexibility index (Phi) is 3.91. The molecule has 1 aromatic heterocycles. The molecule has 0 aliphatic heterocycles. The van der Waals surface area contributed by atoms with Gasteiger partial charge in [-0.3, -0.25) is 4.98 Å². The molecule has 0 aliphatic carbocycles. The van der Waals surface area contributed by atoms with Crippen LogP contribution in [0, 0.1) is 6.92 Å². The van der Waals surface area contributed by atoms with Crippen molar-refractivity contribution >= 4 is 21.8 Å². The average molecular weight is 232 g/mol. The van der Waals surface area contributed by atoms with Gasteiger partial charge in [0, 0.05) is 23.0 Å². The maximum absolute atomic E-state index is 10.7. The minimum atomic E-state index is -3.34. The molecule has 14 heavy (non-hydrogen) atoms. The first kappa shape index (κ1) is 11.5. The van der Waals surface area contributed by atoms with E-state index in [0.29, 0.717) is 5.75 Å². The highest BCUT2D eigenvalue weighted by Gasteiger charge is 2.04. The fourth-order valence-electron chi connectivity index (χ4n) is 0.890. The predicted octanol–water partition coefficient (Wildman–Crippen LogP) is 0.771. The van der Waals surface area contributed by atoms with E-state index in [9.17, 15) is 8.42 Å². The number of sulfonamides is 1. The van der Waals surface area contributed by atoms with Gasteiger partial charge in [0.25, 0.3) is 0 Å². The predicted molar refractivity (Wildman–Crippen MR) is 57.7 cm³/mol. The van der Waals surface area contributed by atoms with Crippen molar-refractivity contribution in [3.8, 4) is 0 Å². The molecule has 78 valence electrons. The monoisotopic (exact) mass is 232 g/mol. The van der Waals surface area contributed by atoms with E-state index in [0.717, 1.165) is 10.5 Å². The number of aryl methyl sites for hydroxylation is 1. The van der Waals surface area contributed by atoms with E-state index in [1.807, 2.05) is 13.0 Å². The summed E-state index contributed by atoms with van der Waals surface area (Å²) in [5.41, 5.74) is 1.05. The fraction of sp³-hybridized carbons (Fsp3) is 0.375. The zero-order chi connectivity index (χ0) is 10.6. The highest BCUT2D eigenvalue weighted by molar-refractivity contribution is 8.00. The van der Waals surface area contributed by atoms with Gasteiger partial charge in [0.15, 0.2) is 0 Å². The summed E-state index contributed by atoms with van der Waals surface area (Å²) in [4.78, 5) is 4.99. The molecule has 0 fully saturated rings. The number of aromatic nitrogens is 1. The van der Waals surface area contributed by atoms with Crippen molar-refractivity contribution in [3.05, 3.63) is 24.0 Å². The Morgan fingerprint density at radius 3 is 2.86 bits per heavy atom. The first-order valence-corrected chi connectivity index (χ1v) is 6.73. The Bertz CT molecular complexity index is 404. The number of hydrogen-bond donors (Lipinski definition) is 1. The standard InChI is InChI=1S/C8H12N2O2S2/c1-7-6-10-3-2-8(7)13-4-5-14(9,11)12/h2-3,6H,4-5H2,1H3,(H2,9,11,12). The molecule has 1 heterocycles. The molecule has 0 aromatic carbocycles. The van der Waals surface area contributed by atoms with Crippen LogP contribution in [0.25, 0.3) is 0 Å². The van der Waals surface area contributed by atoms with Crippen LogP contribution in [0.1, 0.15) is 5.56 Å². The number of pyridine rings is 1. The lowest BCUT2D eigenvalue weighted by Crippen LogP contribution is -2.17. The number of hydrogen-bond acceptors (Lipinski definition) is 4. The highest BCUT2D eigenvalue weighted by atomic mass is 32.2. The Morgan fingerprint density at radius 1 is 1.57 bits per heavy atom. The van der Waals surface area contributed by atoms with E-state index < -0.39 is 10.0 Å². The summed E-state index contributed by atoms with van der Waals surface area (Å²) in [7, 11) is -3.34. The largest absolute Gasteiger partial charge is 0.264 e. The van der Waals surface area contributed by atoms with E-state index >= 15 is 0 Å². The average Bonchev–Trinajstić information content (AvgIpc) is 2.06. The Morgan fingerprint density at radius 2 is 2.29 bits per heavy atom. The van der Waals surface area contributed by atoms with Crippen molar-refractivity contribution in [2.75, 3.05) is 11.5 Å². The molecular formula is C8H12N2O2S2. The SMILES string of the molecule is Cc1cnccc1SCCS(N)(=O)=O. The first-order chi connectivity index (χ1) is 6.49. The molecule has 0 unspecified atom stereocenters. The molecule has 6 heteroatoms. The van der Waals surface area contributed by atoms with Gasteiger partial charge in [-0.1, -0.05) is 0 Å². The Labute approximate surface area is 88.0 Å². The van der Waals surface area contributed by atoms with Gasteiger partial charge >= 0.3 is 0 Å². The third kappa shape index (κ3) is 4.08. The molecule has 4 nitrogen and oxygen atoms in total. The molecule has 0 atom stereocenters. The number of thioether (sulfide) groups is 1. The molecule has 1 aromatic rings.